The van der Waals surface area contributed by atoms with Gasteiger partial charge in [-0.3, -0.25) is 52.7 Å². The molecule has 0 unspecified atom stereocenters. The zero-order chi connectivity index (χ0) is 48.5. The summed E-state index contributed by atoms with van der Waals surface area (Å²) in [5, 5.41) is 61.7. The van der Waals surface area contributed by atoms with E-state index in [1.165, 1.54) is 13.8 Å². The average molecular weight is 902 g/mol. The molecule has 0 aromatic rings. The van der Waals surface area contributed by atoms with Crippen molar-refractivity contribution in [2.75, 3.05) is 6.54 Å². The predicted octanol–water partition coefficient (Wildman–Crippen LogP) is -4.93. The lowest BCUT2D eigenvalue weighted by Crippen LogP contribution is -2.62. The van der Waals surface area contributed by atoms with Crippen LogP contribution in [0.2, 0.25) is 0 Å². The Kier molecular flexibility index (Phi) is 22.1. The number of aliphatic hydroxyl groups excluding tert-OH is 1. The van der Waals surface area contributed by atoms with Gasteiger partial charge in [-0.25, -0.2) is 4.79 Å². The van der Waals surface area contributed by atoms with Crippen LogP contribution in [0.1, 0.15) is 86.0 Å². The number of hydrogen-bond acceptors (Lipinski definition) is 14. The molecule has 9 atom stereocenters. The zero-order valence-corrected chi connectivity index (χ0v) is 35.5. The van der Waals surface area contributed by atoms with Gasteiger partial charge in [0.15, 0.2) is 0 Å². The summed E-state index contributed by atoms with van der Waals surface area (Å²) in [5.41, 5.74) is 10.7. The zero-order valence-electron chi connectivity index (χ0n) is 35.5. The standard InChI is InChI=1S/C37H59N9O17/c1-15(2)11-20(41-30(55)18(38)12-24(39)48)32(57)42-21(13-26(51)52)33(58)40-19(8-9-25(49)50)31(56)45-29(17(5)47)35(60)44-28(16(3)4)34(59)43-22(14-27(53)54)36(61)46-10-6-7-23(46)37(62)63/h15-23,28-29,47H,6-14,38H2,1-5H3,(H2,39,48)(H,40,58)(H,41,55)(H,42,57)(H,43,59)(H,44,60)(H,45,56)(H,49,50)(H,51,52)(H,53,54)(H,62,63)/t17-,18+,19+,20+,21+,22+,23+,28+,29+/m1/s1. The minimum atomic E-state index is -1.96. The van der Waals surface area contributed by atoms with E-state index in [2.05, 4.69) is 31.9 Å². The van der Waals surface area contributed by atoms with Crippen molar-refractivity contribution in [1.82, 2.24) is 36.8 Å². The van der Waals surface area contributed by atoms with E-state index in [0.717, 1.165) is 11.8 Å². The van der Waals surface area contributed by atoms with Crippen LogP contribution in [0, 0.1) is 11.8 Å². The number of nitrogens with zero attached hydrogens (tertiary/aromatic N) is 1. The number of hydrogen-bond donors (Lipinski definition) is 13. The molecule has 15 N–H and O–H groups in total. The molecule has 1 heterocycles. The Morgan fingerprint density at radius 3 is 1.57 bits per heavy atom. The SMILES string of the molecule is CC(C)C[C@H](NC(=O)[C@@H](N)CC(N)=O)C(=O)N[C@@H](CC(=O)O)C(=O)N[C@@H](CCC(=O)O)C(=O)N[C@H](C(=O)N[C@H](C(=O)N[C@@H](CC(=O)O)C(=O)N1CCC[C@H]1C(=O)O)C(C)C)[C@@H](C)O. The van der Waals surface area contributed by atoms with Crippen molar-refractivity contribution < 1.29 is 83.1 Å². The molecular weight excluding hydrogens is 842 g/mol. The number of nitrogens with one attached hydrogen (secondary N) is 6. The van der Waals surface area contributed by atoms with Crippen LogP contribution in [-0.4, -0.2) is 163 Å². The fourth-order valence-electron chi connectivity index (χ4n) is 6.32. The monoisotopic (exact) mass is 901 g/mol. The predicted molar refractivity (Wildman–Crippen MR) is 213 cm³/mol. The minimum Gasteiger partial charge on any atom is -0.481 e. The van der Waals surface area contributed by atoms with Crippen molar-refractivity contribution in [3.05, 3.63) is 0 Å². The molecule has 0 aromatic carbocycles. The third kappa shape index (κ3) is 18.6. The molecule has 354 valence electrons. The molecular formula is C37H59N9O17. The maximum absolute atomic E-state index is 13.6. The molecule has 0 aliphatic carbocycles. The topological polar surface area (TPSA) is 433 Å². The van der Waals surface area contributed by atoms with E-state index in [1.54, 1.807) is 13.8 Å². The molecule has 0 bridgehead atoms. The van der Waals surface area contributed by atoms with Crippen molar-refractivity contribution in [2.24, 2.45) is 23.3 Å². The van der Waals surface area contributed by atoms with Gasteiger partial charge < -0.3 is 73.8 Å². The van der Waals surface area contributed by atoms with Gasteiger partial charge in [-0.15, -0.1) is 0 Å². The summed E-state index contributed by atoms with van der Waals surface area (Å²) in [4.78, 5) is 152. The molecule has 1 fully saturated rings. The maximum atomic E-state index is 13.6. The second-order valence-electron chi connectivity index (χ2n) is 15.8. The van der Waals surface area contributed by atoms with E-state index >= 15 is 0 Å². The van der Waals surface area contributed by atoms with Gasteiger partial charge in [-0.1, -0.05) is 27.7 Å². The number of likely N-dealkylation sites (tertiary alicyclic amines) is 1. The third-order valence-electron chi connectivity index (χ3n) is 9.51. The van der Waals surface area contributed by atoms with Crippen molar-refractivity contribution in [1.29, 1.82) is 0 Å². The first-order chi connectivity index (χ1) is 29.2. The van der Waals surface area contributed by atoms with Crippen LogP contribution in [-0.2, 0) is 57.5 Å². The number of aliphatic hydroxyl groups is 1. The van der Waals surface area contributed by atoms with Gasteiger partial charge >= 0.3 is 23.9 Å². The van der Waals surface area contributed by atoms with Crippen molar-refractivity contribution in [3.8, 4) is 0 Å². The Bertz CT molecular complexity index is 1740. The summed E-state index contributed by atoms with van der Waals surface area (Å²) in [6.45, 7) is 7.23. The summed E-state index contributed by atoms with van der Waals surface area (Å²) in [6.07, 6.45) is -5.54. The molecule has 1 aliphatic heterocycles. The smallest absolute Gasteiger partial charge is 0.326 e. The first kappa shape index (κ1) is 54.6. The van der Waals surface area contributed by atoms with Crippen LogP contribution in [0.4, 0.5) is 0 Å². The molecule has 26 nitrogen and oxygen atoms in total. The van der Waals surface area contributed by atoms with E-state index in [-0.39, 0.29) is 25.3 Å². The quantitative estimate of drug-likeness (QED) is 0.0367. The summed E-state index contributed by atoms with van der Waals surface area (Å²) >= 11 is 0. The van der Waals surface area contributed by atoms with Crippen LogP contribution in [0.5, 0.6) is 0 Å². The van der Waals surface area contributed by atoms with Crippen LogP contribution < -0.4 is 43.4 Å². The van der Waals surface area contributed by atoms with Crippen LogP contribution >= 0.6 is 0 Å². The lowest BCUT2D eigenvalue weighted by atomic mass is 10.0. The largest absolute Gasteiger partial charge is 0.481 e. The second-order valence-corrected chi connectivity index (χ2v) is 15.8. The third-order valence-corrected chi connectivity index (χ3v) is 9.51. The second kappa shape index (κ2) is 25.5. The van der Waals surface area contributed by atoms with Gasteiger partial charge in [-0.05, 0) is 44.4 Å². The number of nitrogens with two attached hydrogens (primary N) is 2. The highest BCUT2D eigenvalue weighted by atomic mass is 16.4. The highest BCUT2D eigenvalue weighted by Gasteiger charge is 2.41. The molecule has 26 heteroatoms. The van der Waals surface area contributed by atoms with Crippen LogP contribution in [0.25, 0.3) is 0 Å². The molecule has 1 aliphatic rings. The molecule has 1 rings (SSSR count). The number of aliphatic carboxylic acids is 4. The van der Waals surface area contributed by atoms with E-state index < -0.39 is 164 Å². The Morgan fingerprint density at radius 1 is 0.603 bits per heavy atom. The Balaban J connectivity index is 3.35. The van der Waals surface area contributed by atoms with Gasteiger partial charge in [0.25, 0.3) is 0 Å². The highest BCUT2D eigenvalue weighted by Crippen LogP contribution is 2.20. The summed E-state index contributed by atoms with van der Waals surface area (Å²) in [5.74, 6) is -15.9. The van der Waals surface area contributed by atoms with Crippen LogP contribution in [0.15, 0.2) is 0 Å². The molecule has 63 heavy (non-hydrogen) atoms. The van der Waals surface area contributed by atoms with Gasteiger partial charge in [0.2, 0.25) is 47.3 Å². The number of carbonyl (C=O) groups excluding carboxylic acids is 8. The molecule has 0 radical (unpaired) electrons. The van der Waals surface area contributed by atoms with E-state index in [9.17, 15) is 83.1 Å². The summed E-state index contributed by atoms with van der Waals surface area (Å²) in [7, 11) is 0. The molecule has 0 saturated carbocycles. The van der Waals surface area contributed by atoms with Gasteiger partial charge in [0.05, 0.1) is 31.4 Å². The first-order valence-electron chi connectivity index (χ1n) is 19.9. The Morgan fingerprint density at radius 2 is 1.08 bits per heavy atom. The lowest BCUT2D eigenvalue weighted by Gasteiger charge is -2.30. The molecule has 8 amide bonds. The number of amides is 8. The Labute approximate surface area is 361 Å². The fourth-order valence-corrected chi connectivity index (χ4v) is 6.32. The first-order valence-corrected chi connectivity index (χ1v) is 19.9. The van der Waals surface area contributed by atoms with Gasteiger partial charge in [0, 0.05) is 13.0 Å². The number of carbonyl (C=O) groups is 12. The lowest BCUT2D eigenvalue weighted by molar-refractivity contribution is -0.151. The molecule has 0 aromatic heterocycles. The van der Waals surface area contributed by atoms with Crippen molar-refractivity contribution >= 4 is 71.1 Å². The number of rotatable bonds is 27. The van der Waals surface area contributed by atoms with Crippen molar-refractivity contribution in [2.45, 2.75) is 140 Å². The van der Waals surface area contributed by atoms with E-state index in [4.69, 9.17) is 11.5 Å². The molecule has 0 spiro atoms. The van der Waals surface area contributed by atoms with Crippen LogP contribution in [0.3, 0.4) is 0 Å². The summed E-state index contributed by atoms with van der Waals surface area (Å²) < 4.78 is 0. The number of primary amides is 1. The van der Waals surface area contributed by atoms with Crippen molar-refractivity contribution in [3.63, 3.8) is 0 Å². The molecule has 1 saturated heterocycles. The number of carboxylic acids is 4. The fraction of sp³-hybridized carbons (Fsp3) is 0.676. The highest BCUT2D eigenvalue weighted by molar-refractivity contribution is 5.99. The van der Waals surface area contributed by atoms with Gasteiger partial charge in [-0.2, -0.15) is 0 Å². The number of carboxylic acid groups (broad SMARTS) is 4. The normalized spacial score (nSPS) is 17.3. The van der Waals surface area contributed by atoms with Gasteiger partial charge in [0.1, 0.15) is 42.3 Å². The summed E-state index contributed by atoms with van der Waals surface area (Å²) in [6, 6.07) is -13.3. The van der Waals surface area contributed by atoms with E-state index in [1.807, 2.05) is 0 Å². The Hall–Kier alpha value is -6.44. The minimum absolute atomic E-state index is 0.0283. The maximum Gasteiger partial charge on any atom is 0.326 e. The van der Waals surface area contributed by atoms with E-state index in [0.29, 0.717) is 6.42 Å². The average Bonchev–Trinajstić information content (AvgIpc) is 3.65.